The van der Waals surface area contributed by atoms with E-state index in [-0.39, 0.29) is 61.1 Å². The molecule has 0 saturated carbocycles. The van der Waals surface area contributed by atoms with Gasteiger partial charge in [-0.25, -0.2) is 27.6 Å². The van der Waals surface area contributed by atoms with E-state index in [0.717, 1.165) is 18.2 Å². The Morgan fingerprint density at radius 3 is 2.55 bits per heavy atom. The smallest absolute Gasteiger partial charge is 0.481 e. The van der Waals surface area contributed by atoms with Gasteiger partial charge in [-0.2, -0.15) is 10.4 Å². The Bertz CT molecular complexity index is 1900. The van der Waals surface area contributed by atoms with Crippen molar-refractivity contribution in [1.82, 2.24) is 20.1 Å². The Kier molecular flexibility index (Phi) is 15.8. The average molecular weight is 788 g/mol. The Balaban J connectivity index is 1.41. The fourth-order valence-corrected chi connectivity index (χ4v) is 6.49. The van der Waals surface area contributed by atoms with Gasteiger partial charge in [0.25, 0.3) is 0 Å². The molecule has 0 spiro atoms. The summed E-state index contributed by atoms with van der Waals surface area (Å²) < 4.78 is 72.5. The van der Waals surface area contributed by atoms with Crippen LogP contribution in [0, 0.1) is 28.8 Å². The van der Waals surface area contributed by atoms with Crippen LogP contribution in [-0.2, 0) is 50.2 Å². The molecule has 0 radical (unpaired) electrons. The van der Waals surface area contributed by atoms with Crippen LogP contribution in [0.5, 0.6) is 0 Å². The van der Waals surface area contributed by atoms with Gasteiger partial charge in [0.05, 0.1) is 49.5 Å². The van der Waals surface area contributed by atoms with Crippen LogP contribution in [0.2, 0.25) is 0 Å². The molecule has 1 aliphatic rings. The number of aliphatic carboxylic acids is 1. The number of hydrogen-bond donors (Lipinski definition) is 2. The lowest BCUT2D eigenvalue weighted by Gasteiger charge is -2.40. The number of ether oxygens (including phenoxy) is 5. The molecular formula is C36H36F3N5O10S. The number of allylic oxidation sites excluding steroid dienone is 2. The third-order valence-corrected chi connectivity index (χ3v) is 9.31. The van der Waals surface area contributed by atoms with Gasteiger partial charge in [-0.15, -0.1) is 11.8 Å². The van der Waals surface area contributed by atoms with Gasteiger partial charge in [0.1, 0.15) is 30.1 Å². The third-order valence-electron chi connectivity index (χ3n) is 7.86. The second-order valence-corrected chi connectivity index (χ2v) is 13.4. The van der Waals surface area contributed by atoms with E-state index in [4.69, 9.17) is 34.1 Å². The van der Waals surface area contributed by atoms with Gasteiger partial charge in [-0.05, 0) is 37.3 Å². The fraction of sp³-hybridized carbons (Fsp3) is 0.361. The summed E-state index contributed by atoms with van der Waals surface area (Å²) in [6, 6.07) is 8.73. The topological polar surface area (TPSA) is 201 Å². The van der Waals surface area contributed by atoms with Gasteiger partial charge in [0, 0.05) is 35.4 Å². The molecule has 4 rings (SSSR count). The number of hydrogen-bond acceptors (Lipinski definition) is 13. The van der Waals surface area contributed by atoms with Crippen LogP contribution in [0.3, 0.4) is 0 Å². The summed E-state index contributed by atoms with van der Waals surface area (Å²) in [5.41, 5.74) is -1.68. The highest BCUT2D eigenvalue weighted by molar-refractivity contribution is 8.00. The summed E-state index contributed by atoms with van der Waals surface area (Å²) in [5, 5.41) is 22.7. The molecule has 1 amide bonds. The SMILES string of the molecule is CC(SC1COC(C=CC=Cc2ccc(C#N)cc2F)OC1)C(Cn1cncn1)(OC(=O)OCOC(=O)CCC(=O)NCCC(=O)O)c1ccc(F)cc1F. The number of nitriles is 1. The van der Waals surface area contributed by atoms with Gasteiger partial charge in [0.2, 0.25) is 12.7 Å². The van der Waals surface area contributed by atoms with Crippen LogP contribution < -0.4 is 5.32 Å². The van der Waals surface area contributed by atoms with Crippen molar-refractivity contribution in [2.45, 2.75) is 55.1 Å². The highest BCUT2D eigenvalue weighted by atomic mass is 32.2. The number of rotatable bonds is 18. The molecule has 55 heavy (non-hydrogen) atoms. The first-order valence-corrected chi connectivity index (χ1v) is 17.5. The first-order valence-electron chi connectivity index (χ1n) is 16.6. The van der Waals surface area contributed by atoms with Crippen LogP contribution >= 0.6 is 11.8 Å². The van der Waals surface area contributed by atoms with E-state index in [9.17, 15) is 28.0 Å². The summed E-state index contributed by atoms with van der Waals surface area (Å²) in [4.78, 5) is 51.6. The van der Waals surface area contributed by atoms with Gasteiger partial charge in [-0.3, -0.25) is 14.4 Å². The maximum absolute atomic E-state index is 15.6. The van der Waals surface area contributed by atoms with Crippen LogP contribution in [0.15, 0.2) is 67.3 Å². The third kappa shape index (κ3) is 13.0. The second-order valence-electron chi connectivity index (χ2n) is 11.8. The molecule has 15 nitrogen and oxygen atoms in total. The highest BCUT2D eigenvalue weighted by Gasteiger charge is 2.47. The summed E-state index contributed by atoms with van der Waals surface area (Å²) in [6.07, 6.45) is 5.68. The minimum atomic E-state index is -1.94. The van der Waals surface area contributed by atoms with Crippen LogP contribution in [0.25, 0.3) is 6.08 Å². The zero-order valence-electron chi connectivity index (χ0n) is 29.3. The van der Waals surface area contributed by atoms with Crippen molar-refractivity contribution in [2.75, 3.05) is 26.6 Å². The number of thioether (sulfide) groups is 1. The molecule has 0 aliphatic carbocycles. The minimum Gasteiger partial charge on any atom is -0.481 e. The van der Waals surface area contributed by atoms with Gasteiger partial charge < -0.3 is 34.1 Å². The second kappa shape index (κ2) is 20.7. The first-order chi connectivity index (χ1) is 26.4. The average Bonchev–Trinajstić information content (AvgIpc) is 3.66. The molecule has 1 aliphatic heterocycles. The lowest BCUT2D eigenvalue weighted by Crippen LogP contribution is -2.47. The standard InChI is InChI=1S/C36H36F3N5O10S/c1-23(55-27-17-50-34(51-18-27)5-3-2-4-25-7-6-24(16-40)14-29(25)38)36(19-44-21-41-20-43-44,28-9-8-26(37)15-30(28)39)54-35(49)53-22-52-33(48)11-10-31(45)42-13-12-32(46)47/h2-9,14-15,20-21,23,27,34H,10-13,17-19,22H2,1H3,(H,42,45)(H,46,47). The number of carbonyl (C=O) groups excluding carboxylic acids is 3. The molecule has 2 heterocycles. The number of carboxylic acid groups (broad SMARTS) is 1. The quantitative estimate of drug-likeness (QED) is 0.103. The molecule has 2 aromatic carbocycles. The Morgan fingerprint density at radius 1 is 1.09 bits per heavy atom. The molecule has 2 unspecified atom stereocenters. The van der Waals surface area contributed by atoms with Crippen LogP contribution in [0.1, 0.15) is 42.9 Å². The van der Waals surface area contributed by atoms with Crippen molar-refractivity contribution < 1.29 is 61.1 Å². The Labute approximate surface area is 317 Å². The van der Waals surface area contributed by atoms with Gasteiger partial charge in [-0.1, -0.05) is 24.3 Å². The lowest BCUT2D eigenvalue weighted by atomic mass is 9.89. The number of amides is 1. The molecule has 2 N–H and O–H groups in total. The largest absolute Gasteiger partial charge is 0.512 e. The van der Waals surface area contributed by atoms with Crippen molar-refractivity contribution in [3.63, 3.8) is 0 Å². The maximum Gasteiger partial charge on any atom is 0.512 e. The number of esters is 1. The van der Waals surface area contributed by atoms with Crippen molar-refractivity contribution in [1.29, 1.82) is 5.26 Å². The van der Waals surface area contributed by atoms with E-state index < -0.39 is 71.8 Å². The Morgan fingerprint density at radius 2 is 1.87 bits per heavy atom. The van der Waals surface area contributed by atoms with Crippen molar-refractivity contribution in [3.05, 3.63) is 101 Å². The summed E-state index contributed by atoms with van der Waals surface area (Å²) in [5.74, 6) is -5.07. The van der Waals surface area contributed by atoms with E-state index >= 15 is 4.39 Å². The lowest BCUT2D eigenvalue weighted by molar-refractivity contribution is -0.156. The van der Waals surface area contributed by atoms with Gasteiger partial charge >= 0.3 is 18.1 Å². The van der Waals surface area contributed by atoms with Crippen molar-refractivity contribution in [3.8, 4) is 6.07 Å². The maximum atomic E-state index is 15.6. The summed E-state index contributed by atoms with van der Waals surface area (Å²) in [6.45, 7) is 0.549. The number of benzene rings is 2. The molecule has 2 atom stereocenters. The molecular weight excluding hydrogens is 751 g/mol. The van der Waals surface area contributed by atoms with E-state index in [2.05, 4.69) is 15.4 Å². The zero-order valence-corrected chi connectivity index (χ0v) is 30.1. The van der Waals surface area contributed by atoms with Crippen LogP contribution in [0.4, 0.5) is 18.0 Å². The molecule has 19 heteroatoms. The van der Waals surface area contributed by atoms with E-state index in [1.807, 2.05) is 6.07 Å². The number of nitrogens with one attached hydrogen (secondary N) is 1. The first kappa shape index (κ1) is 42.0. The molecule has 1 saturated heterocycles. The van der Waals surface area contributed by atoms with E-state index in [1.54, 1.807) is 25.2 Å². The van der Waals surface area contributed by atoms with E-state index in [1.165, 1.54) is 47.3 Å². The zero-order chi connectivity index (χ0) is 39.8. The normalized spacial score (nSPS) is 17.2. The monoisotopic (exact) mass is 787 g/mol. The van der Waals surface area contributed by atoms with E-state index in [0.29, 0.717) is 6.07 Å². The highest BCUT2D eigenvalue weighted by Crippen LogP contribution is 2.42. The van der Waals surface area contributed by atoms with Crippen molar-refractivity contribution in [2.24, 2.45) is 0 Å². The van der Waals surface area contributed by atoms with Gasteiger partial charge in [0.15, 0.2) is 11.9 Å². The molecule has 292 valence electrons. The predicted molar refractivity (Wildman–Crippen MR) is 187 cm³/mol. The van der Waals surface area contributed by atoms with Crippen LogP contribution in [-0.4, -0.2) is 87.2 Å². The predicted octanol–water partition coefficient (Wildman–Crippen LogP) is 4.62. The summed E-state index contributed by atoms with van der Waals surface area (Å²) >= 11 is 1.21. The number of halogens is 3. The summed E-state index contributed by atoms with van der Waals surface area (Å²) in [7, 11) is 0. The molecule has 3 aromatic rings. The number of carboxylic acids is 1. The minimum absolute atomic E-state index is 0.122. The molecule has 0 bridgehead atoms. The molecule has 1 fully saturated rings. The number of carbonyl (C=O) groups is 4. The number of aromatic nitrogens is 3. The number of nitrogens with zero attached hydrogens (tertiary/aromatic N) is 4. The fourth-order valence-electron chi connectivity index (χ4n) is 5.13. The Hall–Kier alpha value is -5.71. The van der Waals surface area contributed by atoms with Crippen molar-refractivity contribution >= 4 is 41.8 Å². The molecule has 1 aromatic heterocycles.